The number of ether oxygens (including phenoxy) is 1. The van der Waals surface area contributed by atoms with E-state index in [9.17, 15) is 4.79 Å². The number of Topliss-reactive ketones (excluding diaryl/α,β-unsaturated/α-hetero) is 1. The first-order chi connectivity index (χ1) is 12.1. The van der Waals surface area contributed by atoms with Crippen LogP contribution in [0, 0.1) is 0 Å². The Morgan fingerprint density at radius 1 is 1.20 bits per heavy atom. The van der Waals surface area contributed by atoms with E-state index >= 15 is 0 Å². The number of aromatic nitrogens is 1. The second-order valence-electron chi connectivity index (χ2n) is 5.63. The number of nitrogens with zero attached hydrogens (tertiary/aromatic N) is 1. The van der Waals surface area contributed by atoms with Gasteiger partial charge in [0.1, 0.15) is 10.8 Å². The Labute approximate surface area is 151 Å². The Morgan fingerprint density at radius 3 is 2.52 bits per heavy atom. The molecule has 0 radical (unpaired) electrons. The zero-order chi connectivity index (χ0) is 18.0. The molecule has 2 aromatic carbocycles. The van der Waals surface area contributed by atoms with E-state index in [-0.39, 0.29) is 5.78 Å². The topological polar surface area (TPSA) is 65.2 Å². The van der Waals surface area contributed by atoms with Gasteiger partial charge in [0, 0.05) is 16.6 Å². The van der Waals surface area contributed by atoms with E-state index in [1.165, 1.54) is 0 Å². The van der Waals surface area contributed by atoms with E-state index in [0.29, 0.717) is 11.3 Å². The van der Waals surface area contributed by atoms with Gasteiger partial charge in [0.05, 0.1) is 18.2 Å². The van der Waals surface area contributed by atoms with Crippen LogP contribution in [-0.2, 0) is 0 Å². The number of methoxy groups -OCH3 is 1. The highest BCUT2D eigenvalue weighted by Gasteiger charge is 2.21. The smallest absolute Gasteiger partial charge is 0.163 e. The van der Waals surface area contributed by atoms with Gasteiger partial charge in [0.25, 0.3) is 0 Å². The summed E-state index contributed by atoms with van der Waals surface area (Å²) in [5, 5.41) is 1.57. The maximum atomic E-state index is 12.5. The molecule has 5 heteroatoms. The summed E-state index contributed by atoms with van der Waals surface area (Å²) in [5.41, 5.74) is 10.1. The molecule has 0 bridgehead atoms. The highest BCUT2D eigenvalue weighted by Crippen LogP contribution is 2.39. The number of carbonyl (C=O) groups is 1. The van der Waals surface area contributed by atoms with Crippen LogP contribution < -0.4 is 10.5 Å². The molecule has 3 rings (SSSR count). The maximum Gasteiger partial charge on any atom is 0.163 e. The van der Waals surface area contributed by atoms with E-state index in [1.54, 1.807) is 25.8 Å². The molecule has 0 aliphatic heterocycles. The quantitative estimate of drug-likeness (QED) is 0.406. The first-order valence-electron chi connectivity index (χ1n) is 8.07. The molecular weight excluding hydrogens is 332 g/mol. The molecule has 4 nitrogen and oxygen atoms in total. The molecule has 0 atom stereocenters. The predicted molar refractivity (Wildman–Crippen MR) is 105 cm³/mol. The molecule has 25 heavy (non-hydrogen) atoms. The number of thioether (sulfide) groups is 1. The van der Waals surface area contributed by atoms with Crippen LogP contribution in [-0.4, -0.2) is 23.6 Å². The van der Waals surface area contributed by atoms with Gasteiger partial charge in [-0.1, -0.05) is 25.1 Å². The molecule has 0 aliphatic carbocycles. The zero-order valence-electron chi connectivity index (χ0n) is 14.5. The Balaban J connectivity index is 2.43. The summed E-state index contributed by atoms with van der Waals surface area (Å²) in [4.78, 5) is 17.2. The average Bonchev–Trinajstić information content (AvgIpc) is 2.61. The first kappa shape index (κ1) is 17.3. The molecular formula is C20H20N2O2S. The van der Waals surface area contributed by atoms with Gasteiger partial charge in [-0.3, -0.25) is 4.79 Å². The summed E-state index contributed by atoms with van der Waals surface area (Å²) in [6, 6.07) is 13.3. The number of anilines is 1. The lowest BCUT2D eigenvalue weighted by atomic mass is 9.94. The first-order valence-corrected chi connectivity index (χ1v) is 9.05. The number of fused-ring (bicyclic) bond motifs is 1. The molecule has 0 saturated heterocycles. The molecule has 1 aromatic heterocycles. The number of nitrogens with two attached hydrogens (primary N) is 1. The Kier molecular flexibility index (Phi) is 4.95. The average molecular weight is 352 g/mol. The minimum absolute atomic E-state index is 0.0144. The standard InChI is InChI=1S/C20H20N2O2S/c1-4-25-20-17(12(2)23)18(13-8-10-14(24-3)11-9-13)19-15(21)6-5-7-16(19)22-20/h5-11H,4,21H2,1-3H3. The van der Waals surface area contributed by atoms with Gasteiger partial charge in [0.15, 0.2) is 5.78 Å². The number of ketones is 1. The maximum absolute atomic E-state index is 12.5. The van der Waals surface area contributed by atoms with Crippen LogP contribution >= 0.6 is 11.8 Å². The van der Waals surface area contributed by atoms with E-state index in [1.807, 2.05) is 49.4 Å². The highest BCUT2D eigenvalue weighted by atomic mass is 32.2. The Hall–Kier alpha value is -2.53. The number of hydrogen-bond acceptors (Lipinski definition) is 5. The molecule has 3 aromatic rings. The van der Waals surface area contributed by atoms with Crippen LogP contribution in [0.25, 0.3) is 22.0 Å². The molecule has 0 unspecified atom stereocenters. The van der Waals surface area contributed by atoms with Crippen molar-refractivity contribution in [3.05, 3.63) is 48.0 Å². The lowest BCUT2D eigenvalue weighted by molar-refractivity contribution is 0.101. The molecule has 0 spiro atoms. The van der Waals surface area contributed by atoms with Gasteiger partial charge in [-0.05, 0) is 42.5 Å². The van der Waals surface area contributed by atoms with E-state index in [2.05, 4.69) is 0 Å². The van der Waals surface area contributed by atoms with Crippen molar-refractivity contribution in [2.45, 2.75) is 18.9 Å². The summed E-state index contributed by atoms with van der Waals surface area (Å²) in [6.07, 6.45) is 0. The van der Waals surface area contributed by atoms with Crippen molar-refractivity contribution in [1.82, 2.24) is 4.98 Å². The fourth-order valence-electron chi connectivity index (χ4n) is 2.93. The molecule has 0 aliphatic rings. The van der Waals surface area contributed by atoms with Crippen molar-refractivity contribution < 1.29 is 9.53 Å². The zero-order valence-corrected chi connectivity index (χ0v) is 15.3. The summed E-state index contributed by atoms with van der Waals surface area (Å²) in [7, 11) is 1.63. The van der Waals surface area contributed by atoms with Crippen molar-refractivity contribution in [2.24, 2.45) is 0 Å². The SMILES string of the molecule is CCSc1nc2cccc(N)c2c(-c2ccc(OC)cc2)c1C(C)=O. The number of carbonyl (C=O) groups excluding carboxylic acids is 1. The van der Waals surface area contributed by atoms with Crippen LogP contribution in [0.4, 0.5) is 5.69 Å². The van der Waals surface area contributed by atoms with Crippen LogP contribution in [0.15, 0.2) is 47.5 Å². The van der Waals surface area contributed by atoms with Crippen molar-refractivity contribution in [1.29, 1.82) is 0 Å². The van der Waals surface area contributed by atoms with E-state index in [4.69, 9.17) is 15.5 Å². The number of pyridine rings is 1. The van der Waals surface area contributed by atoms with Crippen LogP contribution in [0.3, 0.4) is 0 Å². The Morgan fingerprint density at radius 2 is 1.92 bits per heavy atom. The van der Waals surface area contributed by atoms with Gasteiger partial charge in [-0.25, -0.2) is 4.98 Å². The van der Waals surface area contributed by atoms with Crippen molar-refractivity contribution in [3.8, 4) is 16.9 Å². The minimum atomic E-state index is -0.0144. The molecule has 0 amide bonds. The normalized spacial score (nSPS) is 10.8. The summed E-state index contributed by atoms with van der Waals surface area (Å²) >= 11 is 1.57. The number of nitrogen functional groups attached to an aromatic ring is 1. The monoisotopic (exact) mass is 352 g/mol. The third-order valence-electron chi connectivity index (χ3n) is 4.02. The second-order valence-corrected chi connectivity index (χ2v) is 6.88. The third kappa shape index (κ3) is 3.20. The molecule has 1 heterocycles. The van der Waals surface area contributed by atoms with E-state index in [0.717, 1.165) is 38.6 Å². The van der Waals surface area contributed by atoms with Crippen LogP contribution in [0.2, 0.25) is 0 Å². The van der Waals surface area contributed by atoms with Crippen LogP contribution in [0.5, 0.6) is 5.75 Å². The number of hydrogen-bond donors (Lipinski definition) is 1. The highest BCUT2D eigenvalue weighted by molar-refractivity contribution is 7.99. The van der Waals surface area contributed by atoms with Crippen molar-refractivity contribution >= 4 is 34.1 Å². The van der Waals surface area contributed by atoms with Gasteiger partial charge < -0.3 is 10.5 Å². The van der Waals surface area contributed by atoms with Gasteiger partial charge in [0.2, 0.25) is 0 Å². The fraction of sp³-hybridized carbons (Fsp3) is 0.200. The Bertz CT molecular complexity index is 937. The lowest BCUT2D eigenvalue weighted by Crippen LogP contribution is -2.05. The number of benzene rings is 2. The fourth-order valence-corrected chi connectivity index (χ4v) is 3.76. The van der Waals surface area contributed by atoms with Gasteiger partial charge >= 0.3 is 0 Å². The third-order valence-corrected chi connectivity index (χ3v) is 4.88. The van der Waals surface area contributed by atoms with Crippen molar-refractivity contribution in [3.63, 3.8) is 0 Å². The second kappa shape index (κ2) is 7.15. The summed E-state index contributed by atoms with van der Waals surface area (Å²) < 4.78 is 5.25. The molecule has 2 N–H and O–H groups in total. The molecule has 0 fully saturated rings. The lowest BCUT2D eigenvalue weighted by Gasteiger charge is -2.16. The van der Waals surface area contributed by atoms with Crippen molar-refractivity contribution in [2.75, 3.05) is 18.6 Å². The predicted octanol–water partition coefficient (Wildman–Crippen LogP) is 4.81. The largest absolute Gasteiger partial charge is 0.497 e. The van der Waals surface area contributed by atoms with E-state index < -0.39 is 0 Å². The minimum Gasteiger partial charge on any atom is -0.497 e. The molecule has 128 valence electrons. The van der Waals surface area contributed by atoms with Gasteiger partial charge in [-0.15, -0.1) is 11.8 Å². The molecule has 0 saturated carbocycles. The van der Waals surface area contributed by atoms with Gasteiger partial charge in [-0.2, -0.15) is 0 Å². The number of rotatable bonds is 5. The van der Waals surface area contributed by atoms with Crippen LogP contribution in [0.1, 0.15) is 24.2 Å². The summed E-state index contributed by atoms with van der Waals surface area (Å²) in [6.45, 7) is 3.63. The summed E-state index contributed by atoms with van der Waals surface area (Å²) in [5.74, 6) is 1.59.